The highest BCUT2D eigenvalue weighted by Crippen LogP contribution is 2.41. The van der Waals surface area contributed by atoms with Gasteiger partial charge >= 0.3 is 0 Å². The van der Waals surface area contributed by atoms with Gasteiger partial charge in [-0.15, -0.1) is 0 Å². The van der Waals surface area contributed by atoms with Crippen LogP contribution in [-0.2, 0) is 0 Å². The first-order valence-corrected chi connectivity index (χ1v) is 5.80. The van der Waals surface area contributed by atoms with Crippen molar-refractivity contribution in [3.05, 3.63) is 0 Å². The van der Waals surface area contributed by atoms with Gasteiger partial charge in [-0.25, -0.2) is 0 Å². The lowest BCUT2D eigenvalue weighted by Gasteiger charge is -2.22. The van der Waals surface area contributed by atoms with Gasteiger partial charge in [0.2, 0.25) is 0 Å². The third-order valence-electron chi connectivity index (χ3n) is 2.11. The molecule has 0 amide bonds. The van der Waals surface area contributed by atoms with Crippen LogP contribution in [-0.4, -0.2) is 22.0 Å². The summed E-state index contributed by atoms with van der Waals surface area (Å²) in [5.74, 6) is 2.87. The largest absolute Gasteiger partial charge is 0.157 e. The topological polar surface area (TPSA) is 0 Å². The summed E-state index contributed by atoms with van der Waals surface area (Å²) >= 11 is 4.42. The highest BCUT2D eigenvalue weighted by Gasteiger charge is 2.30. The molecule has 0 aromatic rings. The second-order valence-electron chi connectivity index (χ2n) is 2.75. The third kappa shape index (κ3) is 1.25. The van der Waals surface area contributed by atoms with Crippen molar-refractivity contribution >= 4 is 23.5 Å². The molecule has 2 unspecified atom stereocenters. The van der Waals surface area contributed by atoms with E-state index >= 15 is 0 Å². The number of fused-ring (bicyclic) bond motifs is 1. The van der Waals surface area contributed by atoms with Crippen LogP contribution in [0.15, 0.2) is 0 Å². The van der Waals surface area contributed by atoms with E-state index in [-0.39, 0.29) is 0 Å². The molecule has 2 atom stereocenters. The molecule has 2 rings (SSSR count). The van der Waals surface area contributed by atoms with Gasteiger partial charge < -0.3 is 0 Å². The molecule has 2 fully saturated rings. The maximum absolute atomic E-state index is 2.21. The lowest BCUT2D eigenvalue weighted by molar-refractivity contribution is 0.695. The van der Waals surface area contributed by atoms with Crippen LogP contribution in [0, 0.1) is 0 Å². The van der Waals surface area contributed by atoms with Gasteiger partial charge in [-0.3, -0.25) is 0 Å². The third-order valence-corrected chi connectivity index (χ3v) is 5.27. The van der Waals surface area contributed by atoms with Crippen molar-refractivity contribution < 1.29 is 0 Å². The average molecular weight is 160 g/mol. The molecule has 0 N–H and O–H groups in total. The maximum atomic E-state index is 2.21. The predicted octanol–water partition coefficient (Wildman–Crippen LogP) is 2.39. The summed E-state index contributed by atoms with van der Waals surface area (Å²) in [7, 11) is 0. The Hall–Kier alpha value is 0.700. The van der Waals surface area contributed by atoms with Crippen molar-refractivity contribution in [2.75, 3.05) is 11.5 Å². The van der Waals surface area contributed by atoms with E-state index < -0.39 is 0 Å². The van der Waals surface area contributed by atoms with Crippen LogP contribution in [0.5, 0.6) is 0 Å². The molecular weight excluding hydrogens is 148 g/mol. The van der Waals surface area contributed by atoms with E-state index in [1.165, 1.54) is 30.8 Å². The lowest BCUT2D eigenvalue weighted by Crippen LogP contribution is -2.19. The van der Waals surface area contributed by atoms with Crippen molar-refractivity contribution in [1.29, 1.82) is 0 Å². The first-order valence-electron chi connectivity index (χ1n) is 3.70. The average Bonchev–Trinajstić information content (AvgIpc) is 2.33. The molecule has 0 saturated carbocycles. The van der Waals surface area contributed by atoms with Gasteiger partial charge in [0.05, 0.1) is 0 Å². The van der Waals surface area contributed by atoms with E-state index in [1.54, 1.807) is 0 Å². The number of thioether (sulfide) groups is 2. The highest BCUT2D eigenvalue weighted by molar-refractivity contribution is 8.04. The van der Waals surface area contributed by atoms with Gasteiger partial charge in [-0.05, 0) is 30.8 Å². The minimum atomic E-state index is 1.05. The first kappa shape index (κ1) is 6.41. The molecule has 0 spiro atoms. The fourth-order valence-electron chi connectivity index (χ4n) is 1.61. The lowest BCUT2D eigenvalue weighted by atomic mass is 10.1. The molecule has 2 heterocycles. The van der Waals surface area contributed by atoms with E-state index in [4.69, 9.17) is 0 Å². The van der Waals surface area contributed by atoms with Crippen LogP contribution < -0.4 is 0 Å². The molecule has 0 bridgehead atoms. The summed E-state index contributed by atoms with van der Waals surface area (Å²) in [4.78, 5) is 0. The van der Waals surface area contributed by atoms with Crippen LogP contribution in [0.3, 0.4) is 0 Å². The van der Waals surface area contributed by atoms with E-state index in [0.717, 1.165) is 10.5 Å². The molecule has 0 nitrogen and oxygen atoms in total. The van der Waals surface area contributed by atoms with E-state index in [1.807, 2.05) is 0 Å². The van der Waals surface area contributed by atoms with Crippen LogP contribution in [0.25, 0.3) is 0 Å². The summed E-state index contributed by atoms with van der Waals surface area (Å²) in [5.41, 5.74) is 0. The Morgan fingerprint density at radius 2 is 1.67 bits per heavy atom. The van der Waals surface area contributed by atoms with Crippen molar-refractivity contribution in [3.63, 3.8) is 0 Å². The van der Waals surface area contributed by atoms with Gasteiger partial charge in [0.15, 0.2) is 0 Å². The monoisotopic (exact) mass is 160 g/mol. The van der Waals surface area contributed by atoms with Gasteiger partial charge in [0.1, 0.15) is 0 Å². The Kier molecular flexibility index (Phi) is 1.96. The van der Waals surface area contributed by atoms with Crippen LogP contribution in [0.4, 0.5) is 0 Å². The van der Waals surface area contributed by atoms with Crippen LogP contribution >= 0.6 is 23.5 Å². The molecule has 2 aliphatic heterocycles. The van der Waals surface area contributed by atoms with Crippen molar-refractivity contribution in [1.82, 2.24) is 0 Å². The first-order chi connectivity index (χ1) is 4.47. The minimum Gasteiger partial charge on any atom is -0.157 e. The van der Waals surface area contributed by atoms with Crippen molar-refractivity contribution in [2.45, 2.75) is 29.8 Å². The minimum absolute atomic E-state index is 1.05. The maximum Gasteiger partial charge on any atom is 0.0174 e. The van der Waals surface area contributed by atoms with Gasteiger partial charge in [-0.1, -0.05) is 0 Å². The second-order valence-corrected chi connectivity index (χ2v) is 5.44. The molecule has 52 valence electrons. The second kappa shape index (κ2) is 2.75. The Morgan fingerprint density at radius 1 is 0.889 bits per heavy atom. The van der Waals surface area contributed by atoms with E-state index in [2.05, 4.69) is 23.5 Å². The Bertz CT molecular complexity index is 91.1. The molecule has 0 aromatic carbocycles. The zero-order valence-electron chi connectivity index (χ0n) is 5.51. The standard InChI is InChI=1S/C7H12S2/c1-2-6-7(8-4-1)3-5-9-6/h6-7H,1-5H2. The molecule has 0 aromatic heterocycles. The molecule has 9 heavy (non-hydrogen) atoms. The molecular formula is C7H12S2. The molecule has 2 heteroatoms. The normalized spacial score (nSPS) is 42.7. The Morgan fingerprint density at radius 3 is 2.56 bits per heavy atom. The summed E-state index contributed by atoms with van der Waals surface area (Å²) in [5, 5.41) is 2.09. The Labute approximate surface area is 65.2 Å². The van der Waals surface area contributed by atoms with Gasteiger partial charge in [0, 0.05) is 10.5 Å². The van der Waals surface area contributed by atoms with Gasteiger partial charge in [-0.2, -0.15) is 23.5 Å². The zero-order valence-corrected chi connectivity index (χ0v) is 7.14. The molecule has 0 radical (unpaired) electrons. The predicted molar refractivity (Wildman–Crippen MR) is 46.3 cm³/mol. The number of rotatable bonds is 0. The molecule has 0 aliphatic carbocycles. The molecule has 2 aliphatic rings. The highest BCUT2D eigenvalue weighted by atomic mass is 32.2. The summed E-state index contributed by atoms with van der Waals surface area (Å²) in [6, 6.07) is 0. The summed E-state index contributed by atoms with van der Waals surface area (Å²) in [6.07, 6.45) is 4.46. The van der Waals surface area contributed by atoms with Crippen LogP contribution in [0.1, 0.15) is 19.3 Å². The van der Waals surface area contributed by atoms with E-state index in [0.29, 0.717) is 0 Å². The van der Waals surface area contributed by atoms with Gasteiger partial charge in [0.25, 0.3) is 0 Å². The number of hydrogen-bond acceptors (Lipinski definition) is 2. The number of hydrogen-bond donors (Lipinski definition) is 0. The molecule has 2 saturated heterocycles. The summed E-state index contributed by atoms with van der Waals surface area (Å²) < 4.78 is 0. The van der Waals surface area contributed by atoms with E-state index in [9.17, 15) is 0 Å². The zero-order chi connectivity index (χ0) is 6.10. The quantitative estimate of drug-likeness (QED) is 0.533. The smallest absolute Gasteiger partial charge is 0.0174 e. The fraction of sp³-hybridized carbons (Fsp3) is 1.00. The summed E-state index contributed by atoms with van der Waals surface area (Å²) in [6.45, 7) is 0. The van der Waals surface area contributed by atoms with Crippen molar-refractivity contribution in [2.24, 2.45) is 0 Å². The van der Waals surface area contributed by atoms with Crippen LogP contribution in [0.2, 0.25) is 0 Å². The SMILES string of the molecule is C1CSC2CCSC2C1. The van der Waals surface area contributed by atoms with Crippen molar-refractivity contribution in [3.8, 4) is 0 Å². The fourth-order valence-corrected chi connectivity index (χ4v) is 4.88. The Balaban J connectivity index is 1.97.